The van der Waals surface area contributed by atoms with Crippen LogP contribution in [0.2, 0.25) is 0 Å². The molecule has 0 bridgehead atoms. The molecule has 0 unspecified atom stereocenters. The molecule has 0 aromatic heterocycles. The number of hydrogen-bond donors (Lipinski definition) is 2. The van der Waals surface area contributed by atoms with E-state index in [-0.39, 0.29) is 22.6 Å². The zero-order valence-electron chi connectivity index (χ0n) is 8.74. The van der Waals surface area contributed by atoms with Gasteiger partial charge in [0.15, 0.2) is 0 Å². The minimum atomic E-state index is -0.461. The standard InChI is InChI=1S/C13H11FO2/c1-8-5-6-9(10(14)7-8)13-11(15)3-2-4-12(13)16/h2-7,15-16H,1H3. The third-order valence-corrected chi connectivity index (χ3v) is 2.41. The Balaban J connectivity index is 2.68. The number of phenolic OH excluding ortho intramolecular Hbond substituents is 2. The number of aromatic hydroxyl groups is 2. The van der Waals surface area contributed by atoms with Crippen LogP contribution in [0.5, 0.6) is 11.5 Å². The molecule has 2 aromatic rings. The van der Waals surface area contributed by atoms with Crippen LogP contribution in [-0.4, -0.2) is 10.2 Å². The molecule has 0 aliphatic heterocycles. The number of benzene rings is 2. The van der Waals surface area contributed by atoms with Crippen molar-refractivity contribution in [3.8, 4) is 22.6 Å². The maximum absolute atomic E-state index is 13.7. The van der Waals surface area contributed by atoms with E-state index in [1.807, 2.05) is 0 Å². The molecule has 0 fully saturated rings. The van der Waals surface area contributed by atoms with Gasteiger partial charge in [-0.25, -0.2) is 4.39 Å². The molecule has 2 rings (SSSR count). The maximum atomic E-state index is 13.7. The SMILES string of the molecule is Cc1ccc(-c2c(O)cccc2O)c(F)c1. The molecule has 0 saturated carbocycles. The molecule has 0 aliphatic rings. The number of aryl methyl sites for hydroxylation is 1. The molecular formula is C13H11FO2. The first-order chi connectivity index (χ1) is 7.59. The molecule has 0 radical (unpaired) electrons. The monoisotopic (exact) mass is 218 g/mol. The Kier molecular flexibility index (Phi) is 2.52. The third kappa shape index (κ3) is 1.72. The van der Waals surface area contributed by atoms with Crippen molar-refractivity contribution >= 4 is 0 Å². The van der Waals surface area contributed by atoms with Gasteiger partial charge >= 0.3 is 0 Å². The summed E-state index contributed by atoms with van der Waals surface area (Å²) in [5.41, 5.74) is 1.11. The van der Waals surface area contributed by atoms with Crippen molar-refractivity contribution in [1.29, 1.82) is 0 Å². The van der Waals surface area contributed by atoms with Crippen molar-refractivity contribution in [2.75, 3.05) is 0 Å². The second-order valence-electron chi connectivity index (χ2n) is 3.65. The summed E-state index contributed by atoms with van der Waals surface area (Å²) in [5, 5.41) is 19.2. The highest BCUT2D eigenvalue weighted by Gasteiger charge is 2.13. The first-order valence-electron chi connectivity index (χ1n) is 4.87. The maximum Gasteiger partial charge on any atom is 0.131 e. The van der Waals surface area contributed by atoms with E-state index in [2.05, 4.69) is 0 Å². The summed E-state index contributed by atoms with van der Waals surface area (Å²) in [5.74, 6) is -0.734. The van der Waals surface area contributed by atoms with E-state index in [4.69, 9.17) is 0 Å². The summed E-state index contributed by atoms with van der Waals surface area (Å²) in [4.78, 5) is 0. The van der Waals surface area contributed by atoms with Crippen LogP contribution in [0.3, 0.4) is 0 Å². The summed E-state index contributed by atoms with van der Waals surface area (Å²) in [6.07, 6.45) is 0. The highest BCUT2D eigenvalue weighted by atomic mass is 19.1. The Morgan fingerprint density at radius 3 is 2.19 bits per heavy atom. The average Bonchev–Trinajstić information content (AvgIpc) is 2.20. The highest BCUT2D eigenvalue weighted by molar-refractivity contribution is 5.76. The lowest BCUT2D eigenvalue weighted by molar-refractivity contribution is 0.453. The van der Waals surface area contributed by atoms with Crippen molar-refractivity contribution < 1.29 is 14.6 Å². The average molecular weight is 218 g/mol. The molecule has 0 spiro atoms. The Bertz CT molecular complexity index is 515. The first-order valence-corrected chi connectivity index (χ1v) is 4.87. The quantitative estimate of drug-likeness (QED) is 0.771. The first kappa shape index (κ1) is 10.5. The van der Waals surface area contributed by atoms with Gasteiger partial charge in [0.05, 0.1) is 5.56 Å². The molecule has 0 amide bonds. The lowest BCUT2D eigenvalue weighted by Gasteiger charge is -2.08. The summed E-state index contributed by atoms with van der Waals surface area (Å²) >= 11 is 0. The summed E-state index contributed by atoms with van der Waals surface area (Å²) in [6, 6.07) is 8.95. The summed E-state index contributed by atoms with van der Waals surface area (Å²) in [6.45, 7) is 1.78. The molecule has 3 heteroatoms. The van der Waals surface area contributed by atoms with Crippen LogP contribution in [0.1, 0.15) is 5.56 Å². The summed E-state index contributed by atoms with van der Waals surface area (Å²) < 4.78 is 13.7. The van der Waals surface area contributed by atoms with Crippen LogP contribution in [0.4, 0.5) is 4.39 Å². The molecule has 0 heterocycles. The van der Waals surface area contributed by atoms with Gasteiger partial charge in [-0.1, -0.05) is 18.2 Å². The van der Waals surface area contributed by atoms with Crippen LogP contribution in [0, 0.1) is 12.7 Å². The zero-order chi connectivity index (χ0) is 11.7. The van der Waals surface area contributed by atoms with E-state index < -0.39 is 5.82 Å². The lowest BCUT2D eigenvalue weighted by atomic mass is 10.0. The normalized spacial score (nSPS) is 10.4. The van der Waals surface area contributed by atoms with Crippen LogP contribution < -0.4 is 0 Å². The second-order valence-corrected chi connectivity index (χ2v) is 3.65. The van der Waals surface area contributed by atoms with Gasteiger partial charge in [0.1, 0.15) is 17.3 Å². The Labute approximate surface area is 92.6 Å². The minimum Gasteiger partial charge on any atom is -0.507 e. The van der Waals surface area contributed by atoms with Crippen molar-refractivity contribution in [2.45, 2.75) is 6.92 Å². The minimum absolute atomic E-state index is 0.125. The zero-order valence-corrected chi connectivity index (χ0v) is 8.74. The predicted molar refractivity (Wildman–Crippen MR) is 59.9 cm³/mol. The van der Waals surface area contributed by atoms with Crippen molar-refractivity contribution in [3.05, 3.63) is 47.8 Å². The van der Waals surface area contributed by atoms with Gasteiger partial charge in [0.25, 0.3) is 0 Å². The van der Waals surface area contributed by atoms with Crippen molar-refractivity contribution in [1.82, 2.24) is 0 Å². The topological polar surface area (TPSA) is 40.5 Å². The molecule has 0 saturated heterocycles. The van der Waals surface area contributed by atoms with E-state index in [0.717, 1.165) is 5.56 Å². The fraction of sp³-hybridized carbons (Fsp3) is 0.0769. The Morgan fingerprint density at radius 1 is 1.00 bits per heavy atom. The fourth-order valence-electron chi connectivity index (χ4n) is 1.63. The van der Waals surface area contributed by atoms with Gasteiger partial charge in [-0.05, 0) is 30.7 Å². The van der Waals surface area contributed by atoms with E-state index in [0.29, 0.717) is 0 Å². The summed E-state index contributed by atoms with van der Waals surface area (Å²) in [7, 11) is 0. The van der Waals surface area contributed by atoms with Crippen molar-refractivity contribution in [3.63, 3.8) is 0 Å². The molecule has 16 heavy (non-hydrogen) atoms. The van der Waals surface area contributed by atoms with Gasteiger partial charge in [-0.3, -0.25) is 0 Å². The molecule has 82 valence electrons. The van der Waals surface area contributed by atoms with Crippen molar-refractivity contribution in [2.24, 2.45) is 0 Å². The van der Waals surface area contributed by atoms with Gasteiger partial charge in [-0.2, -0.15) is 0 Å². The number of hydrogen-bond acceptors (Lipinski definition) is 2. The van der Waals surface area contributed by atoms with Crippen LogP contribution in [-0.2, 0) is 0 Å². The molecule has 2 N–H and O–H groups in total. The van der Waals surface area contributed by atoms with E-state index in [1.54, 1.807) is 19.1 Å². The molecular weight excluding hydrogens is 207 g/mol. The third-order valence-electron chi connectivity index (χ3n) is 2.41. The van der Waals surface area contributed by atoms with Gasteiger partial charge in [0, 0.05) is 5.56 Å². The predicted octanol–water partition coefficient (Wildman–Crippen LogP) is 3.21. The van der Waals surface area contributed by atoms with Crippen LogP contribution >= 0.6 is 0 Å². The fourth-order valence-corrected chi connectivity index (χ4v) is 1.63. The van der Waals surface area contributed by atoms with E-state index in [1.165, 1.54) is 24.3 Å². The number of phenols is 2. The largest absolute Gasteiger partial charge is 0.507 e. The highest BCUT2D eigenvalue weighted by Crippen LogP contribution is 2.38. The molecule has 2 aromatic carbocycles. The Hall–Kier alpha value is -2.03. The number of rotatable bonds is 1. The lowest BCUT2D eigenvalue weighted by Crippen LogP contribution is -1.87. The van der Waals surface area contributed by atoms with E-state index in [9.17, 15) is 14.6 Å². The molecule has 2 nitrogen and oxygen atoms in total. The number of halogens is 1. The second kappa shape index (κ2) is 3.85. The van der Waals surface area contributed by atoms with Gasteiger partial charge in [0.2, 0.25) is 0 Å². The smallest absolute Gasteiger partial charge is 0.131 e. The molecule has 0 atom stereocenters. The van der Waals surface area contributed by atoms with Gasteiger partial charge in [-0.15, -0.1) is 0 Å². The Morgan fingerprint density at radius 2 is 1.62 bits per heavy atom. The van der Waals surface area contributed by atoms with E-state index >= 15 is 0 Å². The van der Waals surface area contributed by atoms with Gasteiger partial charge < -0.3 is 10.2 Å². The molecule has 0 aliphatic carbocycles. The van der Waals surface area contributed by atoms with Crippen LogP contribution in [0.25, 0.3) is 11.1 Å². The van der Waals surface area contributed by atoms with Crippen LogP contribution in [0.15, 0.2) is 36.4 Å².